The Hall–Kier alpha value is -2.15. The van der Waals surface area contributed by atoms with Crippen molar-refractivity contribution < 1.29 is 9.59 Å². The van der Waals surface area contributed by atoms with Crippen molar-refractivity contribution in [2.75, 3.05) is 0 Å². The molecule has 1 aliphatic carbocycles. The quantitative estimate of drug-likeness (QED) is 0.774. The number of hydrogen-bond acceptors (Lipinski definition) is 3. The summed E-state index contributed by atoms with van der Waals surface area (Å²) in [5, 5.41) is 9.41. The molecule has 1 aromatic rings. The summed E-state index contributed by atoms with van der Waals surface area (Å²) in [4.78, 5) is 26.2. The Kier molecular flexibility index (Phi) is 3.27. The normalized spacial score (nSPS) is 27.1. The van der Waals surface area contributed by atoms with Crippen molar-refractivity contribution in [2.24, 2.45) is 11.8 Å². The van der Waals surface area contributed by atoms with E-state index in [2.05, 4.69) is 6.07 Å². The number of imide groups is 1. The van der Waals surface area contributed by atoms with Crippen LogP contribution in [0.1, 0.15) is 37.3 Å². The van der Waals surface area contributed by atoms with Crippen LogP contribution in [0.25, 0.3) is 0 Å². The van der Waals surface area contributed by atoms with Crippen molar-refractivity contribution in [3.63, 3.8) is 0 Å². The monoisotopic (exact) mass is 268 g/mol. The summed E-state index contributed by atoms with van der Waals surface area (Å²) in [5.74, 6) is -0.711. The van der Waals surface area contributed by atoms with E-state index in [0.29, 0.717) is 5.56 Å². The van der Waals surface area contributed by atoms with E-state index in [1.165, 1.54) is 4.90 Å². The average Bonchev–Trinajstić information content (AvgIpc) is 2.75. The van der Waals surface area contributed by atoms with Gasteiger partial charge in [-0.05, 0) is 18.4 Å². The van der Waals surface area contributed by atoms with Crippen molar-refractivity contribution in [3.05, 3.63) is 35.9 Å². The minimum atomic E-state index is -0.790. The van der Waals surface area contributed by atoms with Crippen LogP contribution in [0.5, 0.6) is 0 Å². The average molecular weight is 268 g/mol. The molecule has 0 radical (unpaired) electrons. The summed E-state index contributed by atoms with van der Waals surface area (Å²) < 4.78 is 0. The Morgan fingerprint density at radius 3 is 2.10 bits per heavy atom. The van der Waals surface area contributed by atoms with Crippen LogP contribution in [0, 0.1) is 23.2 Å². The lowest BCUT2D eigenvalue weighted by Gasteiger charge is -2.21. The summed E-state index contributed by atoms with van der Waals surface area (Å²) in [5.41, 5.74) is 0.704. The molecule has 2 amide bonds. The zero-order valence-corrected chi connectivity index (χ0v) is 11.2. The molecule has 1 saturated carbocycles. The van der Waals surface area contributed by atoms with Crippen molar-refractivity contribution >= 4 is 11.8 Å². The third kappa shape index (κ3) is 1.90. The Labute approximate surface area is 118 Å². The lowest BCUT2D eigenvalue weighted by Crippen LogP contribution is -2.34. The Morgan fingerprint density at radius 2 is 1.60 bits per heavy atom. The first kappa shape index (κ1) is 12.9. The second-order valence-corrected chi connectivity index (χ2v) is 5.49. The molecule has 3 atom stereocenters. The molecule has 0 spiro atoms. The Balaban J connectivity index is 1.95. The van der Waals surface area contributed by atoms with Gasteiger partial charge in [0.25, 0.3) is 0 Å². The summed E-state index contributed by atoms with van der Waals surface area (Å²) in [6.45, 7) is 0. The summed E-state index contributed by atoms with van der Waals surface area (Å²) in [6, 6.07) is 10.4. The molecular formula is C16H16N2O2. The molecule has 0 bridgehead atoms. The predicted molar refractivity (Wildman–Crippen MR) is 72.1 cm³/mol. The van der Waals surface area contributed by atoms with Gasteiger partial charge in [0.05, 0.1) is 17.9 Å². The van der Waals surface area contributed by atoms with Crippen LogP contribution in [-0.2, 0) is 9.59 Å². The van der Waals surface area contributed by atoms with Crippen LogP contribution in [-0.4, -0.2) is 16.7 Å². The van der Waals surface area contributed by atoms with Gasteiger partial charge in [-0.2, -0.15) is 5.26 Å². The Morgan fingerprint density at radius 1 is 1.05 bits per heavy atom. The molecule has 3 rings (SSSR count). The standard InChI is InChI=1S/C16H16N2O2/c17-10-14(11-6-2-1-3-7-11)18-15(19)12-8-4-5-9-13(12)16(18)20/h1-3,6-7,12-14H,4-5,8-9H2. The molecule has 102 valence electrons. The van der Waals surface area contributed by atoms with Crippen LogP contribution < -0.4 is 0 Å². The van der Waals surface area contributed by atoms with Crippen LogP contribution >= 0.6 is 0 Å². The molecule has 1 aliphatic heterocycles. The second-order valence-electron chi connectivity index (χ2n) is 5.49. The molecule has 2 fully saturated rings. The van der Waals surface area contributed by atoms with E-state index in [1.54, 1.807) is 12.1 Å². The SMILES string of the molecule is N#CC(c1ccccc1)N1C(=O)C2CCCCC2C1=O. The lowest BCUT2D eigenvalue weighted by atomic mass is 9.81. The van der Waals surface area contributed by atoms with Crippen molar-refractivity contribution in [1.82, 2.24) is 4.90 Å². The number of rotatable bonds is 2. The first-order chi connectivity index (χ1) is 9.74. The molecule has 1 heterocycles. The van der Waals surface area contributed by atoms with E-state index in [0.717, 1.165) is 25.7 Å². The van der Waals surface area contributed by atoms with Crippen molar-refractivity contribution in [2.45, 2.75) is 31.7 Å². The first-order valence-electron chi connectivity index (χ1n) is 7.05. The number of carbonyl (C=O) groups excluding carboxylic acids is 2. The van der Waals surface area contributed by atoms with Gasteiger partial charge < -0.3 is 0 Å². The van der Waals surface area contributed by atoms with E-state index in [9.17, 15) is 14.9 Å². The van der Waals surface area contributed by atoms with Crippen LogP contribution in [0.3, 0.4) is 0 Å². The maximum atomic E-state index is 12.5. The summed E-state index contributed by atoms with van der Waals surface area (Å²) in [6.07, 6.45) is 3.55. The van der Waals surface area contributed by atoms with E-state index in [-0.39, 0.29) is 23.7 Å². The van der Waals surface area contributed by atoms with Gasteiger partial charge in [-0.25, -0.2) is 0 Å². The van der Waals surface area contributed by atoms with E-state index in [1.807, 2.05) is 18.2 Å². The van der Waals surface area contributed by atoms with Crippen molar-refractivity contribution in [1.29, 1.82) is 5.26 Å². The summed E-state index contributed by atoms with van der Waals surface area (Å²) in [7, 11) is 0. The topological polar surface area (TPSA) is 61.2 Å². The van der Waals surface area contributed by atoms with Gasteiger partial charge in [-0.1, -0.05) is 43.2 Å². The number of fused-ring (bicyclic) bond motifs is 1. The van der Waals surface area contributed by atoms with Crippen molar-refractivity contribution in [3.8, 4) is 6.07 Å². The third-order valence-electron chi connectivity index (χ3n) is 4.37. The molecule has 4 nitrogen and oxygen atoms in total. The van der Waals surface area contributed by atoms with Gasteiger partial charge >= 0.3 is 0 Å². The molecule has 0 N–H and O–H groups in total. The molecule has 2 aliphatic rings. The number of benzene rings is 1. The number of nitriles is 1. The van der Waals surface area contributed by atoms with Gasteiger partial charge in [0.2, 0.25) is 11.8 Å². The smallest absolute Gasteiger partial charge is 0.234 e. The number of likely N-dealkylation sites (tertiary alicyclic amines) is 1. The minimum Gasteiger partial charge on any atom is -0.274 e. The number of nitrogens with zero attached hydrogens (tertiary/aromatic N) is 2. The molecule has 4 heteroatoms. The highest BCUT2D eigenvalue weighted by Crippen LogP contribution is 2.41. The molecule has 20 heavy (non-hydrogen) atoms. The number of carbonyl (C=O) groups is 2. The van der Waals surface area contributed by atoms with Gasteiger partial charge in [0.1, 0.15) is 0 Å². The van der Waals surface area contributed by atoms with Gasteiger partial charge in [0.15, 0.2) is 6.04 Å². The zero-order valence-electron chi connectivity index (χ0n) is 11.2. The summed E-state index contributed by atoms with van der Waals surface area (Å²) >= 11 is 0. The van der Waals surface area contributed by atoms with Crippen LogP contribution in [0.4, 0.5) is 0 Å². The zero-order chi connectivity index (χ0) is 14.1. The van der Waals surface area contributed by atoms with Gasteiger partial charge in [0, 0.05) is 0 Å². The molecule has 1 saturated heterocycles. The molecule has 1 aromatic carbocycles. The molecule has 0 aromatic heterocycles. The minimum absolute atomic E-state index is 0.157. The number of hydrogen-bond donors (Lipinski definition) is 0. The Bertz CT molecular complexity index is 552. The molecular weight excluding hydrogens is 252 g/mol. The predicted octanol–water partition coefficient (Wildman–Crippen LogP) is 2.43. The van der Waals surface area contributed by atoms with Gasteiger partial charge in [-0.15, -0.1) is 0 Å². The highest BCUT2D eigenvalue weighted by molar-refractivity contribution is 6.05. The molecule has 3 unspecified atom stereocenters. The number of amides is 2. The fourth-order valence-corrected chi connectivity index (χ4v) is 3.36. The van der Waals surface area contributed by atoms with E-state index >= 15 is 0 Å². The fourth-order valence-electron chi connectivity index (χ4n) is 3.36. The highest BCUT2D eigenvalue weighted by Gasteiger charge is 2.50. The second kappa shape index (κ2) is 5.09. The van der Waals surface area contributed by atoms with E-state index in [4.69, 9.17) is 0 Å². The van der Waals surface area contributed by atoms with Crippen LogP contribution in [0.2, 0.25) is 0 Å². The lowest BCUT2D eigenvalue weighted by molar-refractivity contribution is -0.141. The largest absolute Gasteiger partial charge is 0.274 e. The first-order valence-corrected chi connectivity index (χ1v) is 7.05. The highest BCUT2D eigenvalue weighted by atomic mass is 16.2. The fraction of sp³-hybridized carbons (Fsp3) is 0.438. The maximum absolute atomic E-state index is 12.5. The van der Waals surface area contributed by atoms with Gasteiger partial charge in [-0.3, -0.25) is 14.5 Å². The maximum Gasteiger partial charge on any atom is 0.234 e. The van der Waals surface area contributed by atoms with E-state index < -0.39 is 6.04 Å². The third-order valence-corrected chi connectivity index (χ3v) is 4.37. The van der Waals surface area contributed by atoms with Crippen LogP contribution in [0.15, 0.2) is 30.3 Å².